The van der Waals surface area contributed by atoms with E-state index < -0.39 is 0 Å². The lowest BCUT2D eigenvalue weighted by molar-refractivity contribution is -0.116. The molecule has 1 aliphatic heterocycles. The van der Waals surface area contributed by atoms with Crippen molar-refractivity contribution >= 4 is 40.5 Å². The van der Waals surface area contributed by atoms with E-state index in [4.69, 9.17) is 28.9 Å². The molecule has 1 aromatic carbocycles. The molecule has 0 spiro atoms. The molecule has 1 saturated carbocycles. The minimum absolute atomic E-state index is 0.0636. The summed E-state index contributed by atoms with van der Waals surface area (Å²) in [7, 11) is 0. The van der Waals surface area contributed by atoms with Crippen LogP contribution in [0.1, 0.15) is 25.7 Å². The van der Waals surface area contributed by atoms with E-state index in [2.05, 4.69) is 10.2 Å². The van der Waals surface area contributed by atoms with Gasteiger partial charge < -0.3 is 11.1 Å². The first-order chi connectivity index (χ1) is 10.0. The zero-order valence-corrected chi connectivity index (χ0v) is 13.3. The number of amides is 1. The molecule has 2 unspecified atom stereocenters. The molecule has 3 N–H and O–H groups in total. The Kier molecular flexibility index (Phi) is 4.29. The van der Waals surface area contributed by atoms with Crippen LogP contribution in [0.3, 0.4) is 0 Å². The number of fused-ring (bicyclic) bond motifs is 2. The van der Waals surface area contributed by atoms with Gasteiger partial charge in [-0.25, -0.2) is 0 Å². The van der Waals surface area contributed by atoms with Gasteiger partial charge in [0, 0.05) is 31.2 Å². The van der Waals surface area contributed by atoms with Crippen LogP contribution in [-0.4, -0.2) is 29.9 Å². The maximum Gasteiger partial charge on any atom is 0.225 e. The number of carbonyl (C=O) groups is 1. The van der Waals surface area contributed by atoms with E-state index >= 15 is 0 Å². The van der Waals surface area contributed by atoms with E-state index in [0.29, 0.717) is 33.9 Å². The fourth-order valence-electron chi connectivity index (χ4n) is 3.46. The molecule has 1 heterocycles. The maximum atomic E-state index is 12.1. The summed E-state index contributed by atoms with van der Waals surface area (Å²) in [4.78, 5) is 14.5. The van der Waals surface area contributed by atoms with Crippen molar-refractivity contribution < 1.29 is 4.79 Å². The Labute approximate surface area is 134 Å². The second-order valence-electron chi connectivity index (χ2n) is 5.99. The van der Waals surface area contributed by atoms with Crippen LogP contribution >= 0.6 is 23.2 Å². The first kappa shape index (κ1) is 14.9. The zero-order chi connectivity index (χ0) is 15.0. The van der Waals surface area contributed by atoms with Crippen LogP contribution in [-0.2, 0) is 4.79 Å². The van der Waals surface area contributed by atoms with Gasteiger partial charge >= 0.3 is 0 Å². The molecule has 0 aromatic heterocycles. The highest BCUT2D eigenvalue weighted by Gasteiger charge is 2.37. The molecule has 4 nitrogen and oxygen atoms in total. The number of nitrogen functional groups attached to an aromatic ring is 1. The predicted molar refractivity (Wildman–Crippen MR) is 86.8 cm³/mol. The normalized spacial score (nSPS) is 24.5. The predicted octanol–water partition coefficient (Wildman–Crippen LogP) is 3.39. The Hall–Kier alpha value is -0.970. The summed E-state index contributed by atoms with van der Waals surface area (Å²) in [6.07, 6.45) is 4.39. The molecular weight excluding hydrogens is 309 g/mol. The Balaban J connectivity index is 1.55. The largest absolute Gasteiger partial charge is 0.399 e. The molecule has 1 aromatic rings. The van der Waals surface area contributed by atoms with E-state index in [1.54, 1.807) is 12.1 Å². The minimum Gasteiger partial charge on any atom is -0.399 e. The van der Waals surface area contributed by atoms with Crippen molar-refractivity contribution in [3.8, 4) is 0 Å². The fraction of sp³-hybridized carbons (Fsp3) is 0.533. The molecule has 2 bridgehead atoms. The number of hydrogen-bond acceptors (Lipinski definition) is 3. The Morgan fingerprint density at radius 2 is 2.05 bits per heavy atom. The second-order valence-corrected chi connectivity index (χ2v) is 6.80. The van der Waals surface area contributed by atoms with Gasteiger partial charge in [-0.3, -0.25) is 9.69 Å². The van der Waals surface area contributed by atoms with Crippen molar-refractivity contribution in [1.82, 2.24) is 4.90 Å². The number of benzene rings is 1. The summed E-state index contributed by atoms with van der Waals surface area (Å²) in [5, 5.41) is 3.53. The lowest BCUT2D eigenvalue weighted by atomic mass is 10.1. The molecule has 114 valence electrons. The third kappa shape index (κ3) is 3.28. The number of rotatable bonds is 4. The quantitative estimate of drug-likeness (QED) is 0.833. The molecule has 1 saturated heterocycles. The highest BCUT2D eigenvalue weighted by atomic mass is 35.5. The highest BCUT2D eigenvalue weighted by Crippen LogP contribution is 2.37. The van der Waals surface area contributed by atoms with E-state index in [1.165, 1.54) is 19.3 Å². The second kappa shape index (κ2) is 6.03. The summed E-state index contributed by atoms with van der Waals surface area (Å²) in [5.74, 6) is 0.783. The monoisotopic (exact) mass is 327 g/mol. The first-order valence-electron chi connectivity index (χ1n) is 7.31. The molecule has 0 radical (unpaired) electrons. The maximum absolute atomic E-state index is 12.1. The van der Waals surface area contributed by atoms with Crippen LogP contribution < -0.4 is 11.1 Å². The summed E-state index contributed by atoms with van der Waals surface area (Å²) >= 11 is 12.1. The van der Waals surface area contributed by atoms with Crippen LogP contribution in [0.2, 0.25) is 10.0 Å². The van der Waals surface area contributed by atoms with Crippen molar-refractivity contribution in [2.75, 3.05) is 24.1 Å². The third-order valence-corrected chi connectivity index (χ3v) is 5.07. The van der Waals surface area contributed by atoms with Crippen LogP contribution in [0.4, 0.5) is 11.4 Å². The Morgan fingerprint density at radius 3 is 2.62 bits per heavy atom. The highest BCUT2D eigenvalue weighted by molar-refractivity contribution is 6.40. The van der Waals surface area contributed by atoms with E-state index in [9.17, 15) is 4.79 Å². The number of nitrogens with zero attached hydrogens (tertiary/aromatic N) is 1. The number of halogens is 2. The number of anilines is 2. The van der Waals surface area contributed by atoms with Gasteiger partial charge in [0.25, 0.3) is 0 Å². The molecule has 1 aliphatic carbocycles. The van der Waals surface area contributed by atoms with Crippen molar-refractivity contribution in [3.63, 3.8) is 0 Å². The van der Waals surface area contributed by atoms with Crippen molar-refractivity contribution in [2.45, 2.75) is 31.7 Å². The van der Waals surface area contributed by atoms with Gasteiger partial charge in [0.15, 0.2) is 0 Å². The summed E-state index contributed by atoms with van der Waals surface area (Å²) in [6.45, 7) is 1.94. The summed E-state index contributed by atoms with van der Waals surface area (Å²) in [5.41, 5.74) is 6.57. The topological polar surface area (TPSA) is 58.4 Å². The van der Waals surface area contributed by atoms with Gasteiger partial charge in [0.1, 0.15) is 0 Å². The smallest absolute Gasteiger partial charge is 0.225 e. The van der Waals surface area contributed by atoms with Crippen molar-refractivity contribution in [2.24, 2.45) is 5.92 Å². The van der Waals surface area contributed by atoms with Crippen LogP contribution in [0.25, 0.3) is 0 Å². The van der Waals surface area contributed by atoms with Crippen LogP contribution in [0, 0.1) is 5.92 Å². The standard InChI is InChI=1S/C15H19Cl2N3O/c16-12-6-10(18)7-13(17)15(12)19-14(21)3-4-20-8-9-1-2-11(20)5-9/h6-7,9,11H,1-5,8,18H2,(H,19,21). The van der Waals surface area contributed by atoms with Gasteiger partial charge in [-0.15, -0.1) is 0 Å². The molecule has 2 atom stereocenters. The fourth-order valence-corrected chi connectivity index (χ4v) is 4.06. The lowest BCUT2D eigenvalue weighted by Gasteiger charge is -2.26. The summed E-state index contributed by atoms with van der Waals surface area (Å²) in [6, 6.07) is 3.86. The third-order valence-electron chi connectivity index (χ3n) is 4.48. The van der Waals surface area contributed by atoms with Crippen LogP contribution in [0.15, 0.2) is 12.1 Å². The first-order valence-corrected chi connectivity index (χ1v) is 8.07. The molecule has 6 heteroatoms. The van der Waals surface area contributed by atoms with Crippen molar-refractivity contribution in [3.05, 3.63) is 22.2 Å². The number of hydrogen-bond donors (Lipinski definition) is 2. The number of likely N-dealkylation sites (tertiary alicyclic amines) is 1. The van der Waals surface area contributed by atoms with Gasteiger partial charge in [-0.05, 0) is 37.3 Å². The van der Waals surface area contributed by atoms with Crippen LogP contribution in [0.5, 0.6) is 0 Å². The Morgan fingerprint density at radius 1 is 1.33 bits per heavy atom. The van der Waals surface area contributed by atoms with Gasteiger partial charge in [0.05, 0.1) is 15.7 Å². The molecular formula is C15H19Cl2N3O. The molecule has 1 amide bonds. The number of nitrogens with one attached hydrogen (secondary N) is 1. The van der Waals surface area contributed by atoms with Crippen molar-refractivity contribution in [1.29, 1.82) is 0 Å². The van der Waals surface area contributed by atoms with Gasteiger partial charge in [-0.2, -0.15) is 0 Å². The van der Waals surface area contributed by atoms with E-state index in [0.717, 1.165) is 19.0 Å². The average Bonchev–Trinajstić information content (AvgIpc) is 3.03. The average molecular weight is 328 g/mol. The molecule has 21 heavy (non-hydrogen) atoms. The van der Waals surface area contributed by atoms with E-state index in [-0.39, 0.29) is 5.91 Å². The summed E-state index contributed by atoms with van der Waals surface area (Å²) < 4.78 is 0. The SMILES string of the molecule is Nc1cc(Cl)c(NC(=O)CCN2CC3CCC2C3)c(Cl)c1. The lowest BCUT2D eigenvalue weighted by Crippen LogP contribution is -2.34. The number of carbonyl (C=O) groups excluding carboxylic acids is 1. The molecule has 2 fully saturated rings. The number of nitrogens with two attached hydrogens (primary N) is 1. The van der Waals surface area contributed by atoms with E-state index in [1.807, 2.05) is 0 Å². The van der Waals surface area contributed by atoms with Gasteiger partial charge in [0.2, 0.25) is 5.91 Å². The molecule has 3 rings (SSSR count). The minimum atomic E-state index is -0.0636. The Bertz CT molecular complexity index is 541. The molecule has 2 aliphatic rings. The number of piperidine rings is 1. The van der Waals surface area contributed by atoms with Gasteiger partial charge in [-0.1, -0.05) is 23.2 Å². The zero-order valence-electron chi connectivity index (χ0n) is 11.7.